The summed E-state index contributed by atoms with van der Waals surface area (Å²) in [4.78, 5) is 7.39. The van der Waals surface area contributed by atoms with Crippen molar-refractivity contribution in [3.8, 4) is 23.1 Å². The first-order valence-corrected chi connectivity index (χ1v) is 8.91. The second-order valence-corrected chi connectivity index (χ2v) is 6.50. The molecule has 29 heavy (non-hydrogen) atoms. The molecule has 0 amide bonds. The highest BCUT2D eigenvalue weighted by Gasteiger charge is 2.23. The van der Waals surface area contributed by atoms with Crippen molar-refractivity contribution in [3.05, 3.63) is 60.2 Å². The second kappa shape index (κ2) is 7.47. The minimum Gasteiger partial charge on any atom is -0.334 e. The molecule has 0 radical (unpaired) electrons. The Labute approximate surface area is 167 Å². The molecule has 0 spiro atoms. The molecule has 0 aliphatic heterocycles. The molecule has 144 valence electrons. The second-order valence-electron chi connectivity index (χ2n) is 6.50. The topological polar surface area (TPSA) is 114 Å². The summed E-state index contributed by atoms with van der Waals surface area (Å²) in [6.07, 6.45) is 3.44. The molecule has 4 rings (SSSR count). The first kappa shape index (κ1) is 18.2. The SMILES string of the molecule is CC(c1nnn(-c2cccc(C#N)c2)n1)N(C)c1nnc(-c2ccncc2)n1C. The Kier molecular flexibility index (Phi) is 4.70. The number of anilines is 1. The van der Waals surface area contributed by atoms with Gasteiger partial charge in [-0.1, -0.05) is 6.07 Å². The van der Waals surface area contributed by atoms with Crippen molar-refractivity contribution in [2.24, 2.45) is 7.05 Å². The van der Waals surface area contributed by atoms with Crippen LogP contribution in [-0.2, 0) is 7.05 Å². The van der Waals surface area contributed by atoms with Crippen molar-refractivity contribution in [3.63, 3.8) is 0 Å². The average molecular weight is 386 g/mol. The molecule has 0 aliphatic rings. The molecule has 0 aliphatic carbocycles. The molecule has 10 nitrogen and oxygen atoms in total. The van der Waals surface area contributed by atoms with Gasteiger partial charge in [0.05, 0.1) is 23.4 Å². The quantitative estimate of drug-likeness (QED) is 0.511. The lowest BCUT2D eigenvalue weighted by Gasteiger charge is -2.22. The number of nitriles is 1. The summed E-state index contributed by atoms with van der Waals surface area (Å²) in [6, 6.07) is 12.7. The van der Waals surface area contributed by atoms with Crippen LogP contribution in [-0.4, -0.2) is 47.0 Å². The van der Waals surface area contributed by atoms with Crippen LogP contribution in [0.2, 0.25) is 0 Å². The number of tetrazole rings is 1. The number of pyridine rings is 1. The van der Waals surface area contributed by atoms with Gasteiger partial charge in [0.25, 0.3) is 0 Å². The molecule has 0 fully saturated rings. The lowest BCUT2D eigenvalue weighted by molar-refractivity contribution is 0.649. The molecule has 3 heterocycles. The molecule has 1 atom stereocenters. The van der Waals surface area contributed by atoms with Crippen molar-refractivity contribution >= 4 is 5.95 Å². The Balaban J connectivity index is 1.59. The van der Waals surface area contributed by atoms with Crippen LogP contribution in [0.3, 0.4) is 0 Å². The fraction of sp³-hybridized carbons (Fsp3) is 0.211. The van der Waals surface area contributed by atoms with E-state index in [0.717, 1.165) is 11.4 Å². The van der Waals surface area contributed by atoms with E-state index in [0.29, 0.717) is 23.0 Å². The van der Waals surface area contributed by atoms with Crippen LogP contribution in [0.1, 0.15) is 24.4 Å². The van der Waals surface area contributed by atoms with Gasteiger partial charge in [-0.3, -0.25) is 9.55 Å². The number of rotatable bonds is 5. The monoisotopic (exact) mass is 386 g/mol. The third-order valence-electron chi connectivity index (χ3n) is 4.70. The van der Waals surface area contributed by atoms with Crippen LogP contribution < -0.4 is 4.90 Å². The molecule has 1 aromatic carbocycles. The van der Waals surface area contributed by atoms with Crippen molar-refractivity contribution in [1.82, 2.24) is 40.0 Å². The molecule has 0 bridgehead atoms. The van der Waals surface area contributed by atoms with Gasteiger partial charge in [-0.15, -0.1) is 25.2 Å². The highest BCUT2D eigenvalue weighted by atomic mass is 15.6. The van der Waals surface area contributed by atoms with Gasteiger partial charge in [-0.05, 0) is 42.5 Å². The molecule has 0 saturated carbocycles. The van der Waals surface area contributed by atoms with Crippen LogP contribution in [0, 0.1) is 11.3 Å². The molecular formula is C19H18N10. The van der Waals surface area contributed by atoms with E-state index in [1.807, 2.05) is 48.7 Å². The fourth-order valence-electron chi connectivity index (χ4n) is 2.93. The van der Waals surface area contributed by atoms with Crippen LogP contribution in [0.5, 0.6) is 0 Å². The normalized spacial score (nSPS) is 11.8. The average Bonchev–Trinajstić information content (AvgIpc) is 3.40. The minimum absolute atomic E-state index is 0.198. The Hall–Kier alpha value is -4.13. The summed E-state index contributed by atoms with van der Waals surface area (Å²) in [5.74, 6) is 1.95. The number of hydrogen-bond donors (Lipinski definition) is 0. The molecule has 0 saturated heterocycles. The van der Waals surface area contributed by atoms with Crippen LogP contribution in [0.4, 0.5) is 5.95 Å². The van der Waals surface area contributed by atoms with Gasteiger partial charge in [-0.2, -0.15) is 5.26 Å². The van der Waals surface area contributed by atoms with Crippen molar-refractivity contribution in [2.45, 2.75) is 13.0 Å². The molecule has 10 heteroatoms. The van der Waals surface area contributed by atoms with Gasteiger partial charge in [0.1, 0.15) is 0 Å². The van der Waals surface area contributed by atoms with E-state index in [2.05, 4.69) is 36.7 Å². The minimum atomic E-state index is -0.198. The van der Waals surface area contributed by atoms with Crippen LogP contribution in [0.25, 0.3) is 17.1 Å². The maximum absolute atomic E-state index is 9.07. The lowest BCUT2D eigenvalue weighted by Crippen LogP contribution is -2.25. The lowest BCUT2D eigenvalue weighted by atomic mass is 10.2. The summed E-state index contributed by atoms with van der Waals surface area (Å²) in [5, 5.41) is 30.5. The van der Waals surface area contributed by atoms with Crippen molar-refractivity contribution < 1.29 is 0 Å². The van der Waals surface area contributed by atoms with E-state index >= 15 is 0 Å². The molecule has 1 unspecified atom stereocenters. The summed E-state index contributed by atoms with van der Waals surface area (Å²) in [5.41, 5.74) is 2.15. The van der Waals surface area contributed by atoms with E-state index in [4.69, 9.17) is 5.26 Å². The largest absolute Gasteiger partial charge is 0.334 e. The van der Waals surface area contributed by atoms with E-state index in [9.17, 15) is 0 Å². The highest BCUT2D eigenvalue weighted by Crippen LogP contribution is 2.25. The third-order valence-corrected chi connectivity index (χ3v) is 4.70. The molecule has 3 aromatic heterocycles. The zero-order valence-corrected chi connectivity index (χ0v) is 16.2. The van der Waals surface area contributed by atoms with Gasteiger partial charge in [0.2, 0.25) is 5.95 Å². The first-order chi connectivity index (χ1) is 14.1. The first-order valence-electron chi connectivity index (χ1n) is 8.91. The van der Waals surface area contributed by atoms with Gasteiger partial charge in [-0.25, -0.2) is 0 Å². The van der Waals surface area contributed by atoms with Crippen LogP contribution >= 0.6 is 0 Å². The van der Waals surface area contributed by atoms with Crippen molar-refractivity contribution in [2.75, 3.05) is 11.9 Å². The standard InChI is InChI=1S/C19H18N10/c1-13(17-22-26-29(25-17)16-6-4-5-14(11-16)12-20)27(2)19-24-23-18(28(19)3)15-7-9-21-10-8-15/h4-11,13H,1-3H3. The Bertz CT molecular complexity index is 1170. The summed E-state index contributed by atoms with van der Waals surface area (Å²) < 4.78 is 1.91. The molecular weight excluding hydrogens is 368 g/mol. The number of benzene rings is 1. The maximum atomic E-state index is 9.07. The zero-order chi connectivity index (χ0) is 20.4. The van der Waals surface area contributed by atoms with E-state index < -0.39 is 0 Å². The third kappa shape index (κ3) is 3.41. The molecule has 0 N–H and O–H groups in total. The Morgan fingerprint density at radius 1 is 1.10 bits per heavy atom. The number of aromatic nitrogens is 8. The van der Waals surface area contributed by atoms with Gasteiger partial charge in [0, 0.05) is 32.1 Å². The Morgan fingerprint density at radius 3 is 2.66 bits per heavy atom. The summed E-state index contributed by atoms with van der Waals surface area (Å²) in [6.45, 7) is 1.97. The number of hydrogen-bond acceptors (Lipinski definition) is 8. The van der Waals surface area contributed by atoms with Gasteiger partial charge in [0.15, 0.2) is 11.6 Å². The number of nitrogens with zero attached hydrogens (tertiary/aromatic N) is 10. The van der Waals surface area contributed by atoms with Gasteiger partial charge >= 0.3 is 0 Å². The predicted octanol–water partition coefficient (Wildman–Crippen LogP) is 1.92. The summed E-state index contributed by atoms with van der Waals surface area (Å²) >= 11 is 0. The van der Waals surface area contributed by atoms with E-state index in [-0.39, 0.29) is 6.04 Å². The van der Waals surface area contributed by atoms with Crippen LogP contribution in [0.15, 0.2) is 48.8 Å². The highest BCUT2D eigenvalue weighted by molar-refractivity contribution is 5.56. The van der Waals surface area contributed by atoms with E-state index in [1.165, 1.54) is 4.80 Å². The smallest absolute Gasteiger partial charge is 0.227 e. The van der Waals surface area contributed by atoms with Crippen molar-refractivity contribution in [1.29, 1.82) is 5.26 Å². The maximum Gasteiger partial charge on any atom is 0.227 e. The van der Waals surface area contributed by atoms with E-state index in [1.54, 1.807) is 30.6 Å². The zero-order valence-electron chi connectivity index (χ0n) is 16.2. The fourth-order valence-corrected chi connectivity index (χ4v) is 2.93. The predicted molar refractivity (Wildman–Crippen MR) is 105 cm³/mol. The van der Waals surface area contributed by atoms with Gasteiger partial charge < -0.3 is 4.90 Å². The Morgan fingerprint density at radius 2 is 1.90 bits per heavy atom. The summed E-state index contributed by atoms with van der Waals surface area (Å²) in [7, 11) is 3.81. The molecule has 4 aromatic rings.